The van der Waals surface area contributed by atoms with Gasteiger partial charge in [0, 0.05) is 0 Å². The molecule has 0 aromatic carbocycles. The van der Waals surface area contributed by atoms with Gasteiger partial charge in [0.15, 0.2) is 6.29 Å². The predicted octanol–water partition coefficient (Wildman–Crippen LogP) is 4.10. The summed E-state index contributed by atoms with van der Waals surface area (Å²) in [5, 5.41) is 65.2. The van der Waals surface area contributed by atoms with Gasteiger partial charge in [0.25, 0.3) is 0 Å². The van der Waals surface area contributed by atoms with Crippen molar-refractivity contribution in [3.05, 3.63) is 23.3 Å². The van der Waals surface area contributed by atoms with Crippen LogP contribution in [-0.2, 0) is 9.47 Å². The molecule has 8 heteroatoms. The average Bonchev–Trinajstić information content (AvgIpc) is 3.32. The van der Waals surface area contributed by atoms with Crippen molar-refractivity contribution in [3.8, 4) is 0 Å². The summed E-state index contributed by atoms with van der Waals surface area (Å²) in [4.78, 5) is 0. The van der Waals surface area contributed by atoms with Crippen molar-refractivity contribution in [1.82, 2.24) is 0 Å². The van der Waals surface area contributed by atoms with Gasteiger partial charge in [-0.25, -0.2) is 0 Å². The zero-order valence-electron chi connectivity index (χ0n) is 28.2. The Balaban J connectivity index is 1.55. The van der Waals surface area contributed by atoms with Gasteiger partial charge in [-0.1, -0.05) is 57.9 Å². The van der Waals surface area contributed by atoms with E-state index in [1.165, 1.54) is 11.1 Å². The maximum absolute atomic E-state index is 12.0. The number of aliphatic hydroxyl groups excluding tert-OH is 6. The summed E-state index contributed by atoms with van der Waals surface area (Å²) in [7, 11) is 0. The van der Waals surface area contributed by atoms with Crippen LogP contribution in [0.3, 0.4) is 0 Å². The summed E-state index contributed by atoms with van der Waals surface area (Å²) < 4.78 is 12.6. The summed E-state index contributed by atoms with van der Waals surface area (Å²) in [6.45, 7) is 17.2. The van der Waals surface area contributed by atoms with Crippen LogP contribution >= 0.6 is 0 Å². The molecule has 1 heterocycles. The lowest BCUT2D eigenvalue weighted by atomic mass is 9.34. The number of hydrogen-bond acceptors (Lipinski definition) is 8. The largest absolute Gasteiger partial charge is 0.394 e. The molecule has 0 radical (unpaired) electrons. The van der Waals surface area contributed by atoms with E-state index in [-0.39, 0.29) is 34.0 Å². The van der Waals surface area contributed by atoms with Gasteiger partial charge in [0.2, 0.25) is 0 Å². The molecular weight excluding hydrogens is 560 g/mol. The Morgan fingerprint density at radius 1 is 0.864 bits per heavy atom. The third-order valence-electron chi connectivity index (χ3n) is 13.9. The topological polar surface area (TPSA) is 140 Å². The highest BCUT2D eigenvalue weighted by Gasteiger charge is 2.72. The van der Waals surface area contributed by atoms with E-state index >= 15 is 0 Å². The van der Waals surface area contributed by atoms with Crippen molar-refractivity contribution in [2.45, 2.75) is 149 Å². The standard InChI is InChI=1S/C36H60O8/c1-19(2)10-9-11-20(3)21-12-15-35(7)27(21)22(38)16-25-34(6)14-13-26(39)33(4,5)31(34)23(17-36(25,35)8)43-32-30(42)29(41)28(40)24(18-37)44-32/h10-11,21-32,37-42H,9,12-18H2,1-8H3/b20-11+/t21-,22-,23+,24-,25-,26+,27+,28-,29+,30-,31+,32-,34-,35-,36-/m1/s1. The molecule has 252 valence electrons. The van der Waals surface area contributed by atoms with Crippen LogP contribution < -0.4 is 0 Å². The van der Waals surface area contributed by atoms with Gasteiger partial charge in [-0.05, 0) is 111 Å². The summed E-state index contributed by atoms with van der Waals surface area (Å²) in [5.74, 6) is 0.506. The lowest BCUT2D eigenvalue weighted by Crippen LogP contribution is -2.70. The fourth-order valence-electron chi connectivity index (χ4n) is 11.5. The lowest BCUT2D eigenvalue weighted by Gasteiger charge is -2.72. The summed E-state index contributed by atoms with van der Waals surface area (Å²) in [6, 6.07) is 0. The van der Waals surface area contributed by atoms with Crippen molar-refractivity contribution in [1.29, 1.82) is 0 Å². The molecule has 44 heavy (non-hydrogen) atoms. The van der Waals surface area contributed by atoms with Gasteiger partial charge in [-0.15, -0.1) is 0 Å². The molecule has 4 aliphatic carbocycles. The Morgan fingerprint density at radius 3 is 2.18 bits per heavy atom. The van der Waals surface area contributed by atoms with Crippen molar-refractivity contribution in [2.24, 2.45) is 45.3 Å². The number of hydrogen-bond donors (Lipinski definition) is 6. The molecule has 5 rings (SSSR count). The number of allylic oxidation sites excluding steroid dienone is 4. The highest BCUT2D eigenvalue weighted by atomic mass is 16.7. The first kappa shape index (κ1) is 34.5. The van der Waals surface area contributed by atoms with Crippen LogP contribution in [0.5, 0.6) is 0 Å². The SMILES string of the molecule is CC(C)=CC/C=C(\C)[C@H]1CC[C@]2(C)[C@@H]1[C@H](O)C[C@@H]1[C@@]3(C)CC[C@H](O)C(C)(C)[C@@H]3[C@@H](O[C@@H]3O[C@H](CO)[C@@H](O)[C@H](O)[C@H]3O)C[C@]12C. The van der Waals surface area contributed by atoms with Crippen LogP contribution in [-0.4, -0.2) is 86.3 Å². The van der Waals surface area contributed by atoms with E-state index in [0.29, 0.717) is 25.2 Å². The van der Waals surface area contributed by atoms with Crippen LogP contribution in [0.1, 0.15) is 100 Å². The van der Waals surface area contributed by atoms with E-state index in [0.717, 1.165) is 25.7 Å². The Bertz CT molecular complexity index is 1110. The second kappa shape index (κ2) is 12.0. The molecule has 6 N–H and O–H groups in total. The van der Waals surface area contributed by atoms with E-state index in [1.54, 1.807) is 0 Å². The zero-order valence-corrected chi connectivity index (χ0v) is 28.2. The summed E-state index contributed by atoms with van der Waals surface area (Å²) >= 11 is 0. The second-order valence-electron chi connectivity index (χ2n) is 16.8. The number of fused-ring (bicyclic) bond motifs is 5. The van der Waals surface area contributed by atoms with Gasteiger partial charge in [0.05, 0.1) is 24.9 Å². The predicted molar refractivity (Wildman–Crippen MR) is 168 cm³/mol. The molecule has 5 fully saturated rings. The smallest absolute Gasteiger partial charge is 0.186 e. The van der Waals surface area contributed by atoms with Crippen LogP contribution in [0.4, 0.5) is 0 Å². The van der Waals surface area contributed by atoms with E-state index in [4.69, 9.17) is 9.47 Å². The molecular formula is C36H60O8. The quantitative estimate of drug-likeness (QED) is 0.193. The molecule has 0 spiro atoms. The zero-order chi connectivity index (χ0) is 32.6. The van der Waals surface area contributed by atoms with Crippen molar-refractivity contribution in [3.63, 3.8) is 0 Å². The molecule has 0 unspecified atom stereocenters. The monoisotopic (exact) mass is 620 g/mol. The number of ether oxygens (including phenoxy) is 2. The Kier molecular flexibility index (Phi) is 9.40. The highest BCUT2D eigenvalue weighted by Crippen LogP contribution is 2.76. The average molecular weight is 621 g/mol. The lowest BCUT2D eigenvalue weighted by molar-refractivity contribution is -0.346. The Labute approximate surface area is 264 Å². The minimum Gasteiger partial charge on any atom is -0.394 e. The molecule has 1 saturated heterocycles. The molecule has 0 aromatic heterocycles. The van der Waals surface area contributed by atoms with Crippen LogP contribution in [0, 0.1) is 45.3 Å². The molecule has 15 atom stereocenters. The third kappa shape index (κ3) is 5.18. The van der Waals surface area contributed by atoms with Gasteiger partial charge in [-0.2, -0.15) is 0 Å². The van der Waals surface area contributed by atoms with Crippen molar-refractivity contribution >= 4 is 0 Å². The Morgan fingerprint density at radius 2 is 1.55 bits per heavy atom. The second-order valence-corrected chi connectivity index (χ2v) is 16.8. The van der Waals surface area contributed by atoms with Gasteiger partial charge < -0.3 is 40.1 Å². The fraction of sp³-hybridized carbons (Fsp3) is 0.889. The van der Waals surface area contributed by atoms with Gasteiger partial charge in [0.1, 0.15) is 24.4 Å². The first-order valence-electron chi connectivity index (χ1n) is 17.1. The maximum atomic E-state index is 12.0. The van der Waals surface area contributed by atoms with Crippen LogP contribution in [0.2, 0.25) is 0 Å². The highest BCUT2D eigenvalue weighted by molar-refractivity contribution is 5.24. The van der Waals surface area contributed by atoms with E-state index in [9.17, 15) is 30.6 Å². The van der Waals surface area contributed by atoms with Crippen LogP contribution in [0.25, 0.3) is 0 Å². The first-order valence-corrected chi connectivity index (χ1v) is 17.1. The maximum Gasteiger partial charge on any atom is 0.186 e. The Hall–Kier alpha value is -0.840. The first-order chi connectivity index (χ1) is 20.4. The molecule has 1 aliphatic heterocycles. The minimum absolute atomic E-state index is 0.112. The molecule has 0 aromatic rings. The normalized spacial score (nSPS) is 52.1. The molecule has 5 aliphatic rings. The minimum atomic E-state index is -1.52. The van der Waals surface area contributed by atoms with Crippen LogP contribution in [0.15, 0.2) is 23.3 Å². The number of aliphatic hydroxyl groups is 6. The summed E-state index contributed by atoms with van der Waals surface area (Å²) in [6.07, 6.45) is 2.23. The third-order valence-corrected chi connectivity index (χ3v) is 13.9. The number of rotatable bonds is 6. The molecule has 4 saturated carbocycles. The van der Waals surface area contributed by atoms with E-state index < -0.39 is 61.0 Å². The van der Waals surface area contributed by atoms with Crippen molar-refractivity contribution < 1.29 is 40.1 Å². The van der Waals surface area contributed by atoms with Gasteiger partial charge in [-0.3, -0.25) is 0 Å². The summed E-state index contributed by atoms with van der Waals surface area (Å²) in [5.41, 5.74) is 1.49. The fourth-order valence-corrected chi connectivity index (χ4v) is 11.5. The molecule has 0 amide bonds. The molecule has 0 bridgehead atoms. The van der Waals surface area contributed by atoms with Gasteiger partial charge >= 0.3 is 0 Å². The van der Waals surface area contributed by atoms with Crippen molar-refractivity contribution in [2.75, 3.05) is 6.61 Å². The van der Waals surface area contributed by atoms with E-state index in [1.807, 2.05) is 0 Å². The van der Waals surface area contributed by atoms with E-state index in [2.05, 4.69) is 67.5 Å². The molecule has 8 nitrogen and oxygen atoms in total.